The molecule has 0 unspecified atom stereocenters. The molecule has 0 radical (unpaired) electrons. The predicted octanol–water partition coefficient (Wildman–Crippen LogP) is 2.93. The molecule has 1 amide bonds. The number of carbonyl (C=O) groups is 1. The van der Waals surface area contributed by atoms with Crippen molar-refractivity contribution < 1.29 is 9.53 Å². The van der Waals surface area contributed by atoms with Gasteiger partial charge in [-0.15, -0.1) is 0 Å². The summed E-state index contributed by atoms with van der Waals surface area (Å²) in [5, 5.41) is 6.42. The van der Waals surface area contributed by atoms with Gasteiger partial charge in [0.2, 0.25) is 5.91 Å². The van der Waals surface area contributed by atoms with Crippen LogP contribution < -0.4 is 15.4 Å². The Morgan fingerprint density at radius 2 is 1.85 bits per heavy atom. The van der Waals surface area contributed by atoms with Gasteiger partial charge in [-0.05, 0) is 30.7 Å². The number of hydrogen-bond donors (Lipinski definition) is 2. The number of aryl methyl sites for hydroxylation is 1. The van der Waals surface area contributed by atoms with E-state index in [1.165, 1.54) is 0 Å². The van der Waals surface area contributed by atoms with Gasteiger partial charge in [-0.2, -0.15) is 0 Å². The molecule has 0 aliphatic carbocycles. The standard InChI is InChI=1S/C21H28N4O2/c1-16-10-11-17(19(14-16)27-18-8-6-5-7-9-18)15-24-21(22-2)23-13-12-20(26)25(3)4/h5-11,14H,12-13,15H2,1-4H3,(H2,22,23,24). The highest BCUT2D eigenvalue weighted by molar-refractivity contribution is 5.81. The molecule has 27 heavy (non-hydrogen) atoms. The normalized spacial score (nSPS) is 11.0. The van der Waals surface area contributed by atoms with Crippen LogP contribution in [0.1, 0.15) is 17.5 Å². The van der Waals surface area contributed by atoms with Crippen LogP contribution in [0.25, 0.3) is 0 Å². The molecule has 0 bridgehead atoms. The van der Waals surface area contributed by atoms with Gasteiger partial charge in [0.25, 0.3) is 0 Å². The molecule has 0 saturated heterocycles. The van der Waals surface area contributed by atoms with Crippen LogP contribution >= 0.6 is 0 Å². The number of nitrogens with one attached hydrogen (secondary N) is 2. The number of para-hydroxylation sites is 1. The van der Waals surface area contributed by atoms with Gasteiger partial charge in [0.15, 0.2) is 5.96 Å². The molecule has 2 aromatic rings. The minimum Gasteiger partial charge on any atom is -0.457 e. The number of guanidine groups is 1. The number of carbonyl (C=O) groups excluding carboxylic acids is 1. The summed E-state index contributed by atoms with van der Waals surface area (Å²) in [6.07, 6.45) is 0.417. The molecule has 0 aromatic heterocycles. The SMILES string of the molecule is CN=C(NCCC(=O)N(C)C)NCc1ccc(C)cc1Oc1ccccc1. The molecule has 2 aromatic carbocycles. The Morgan fingerprint density at radius 1 is 1.11 bits per heavy atom. The summed E-state index contributed by atoms with van der Waals surface area (Å²) >= 11 is 0. The predicted molar refractivity (Wildman–Crippen MR) is 109 cm³/mol. The van der Waals surface area contributed by atoms with Crippen molar-refractivity contribution in [1.82, 2.24) is 15.5 Å². The molecule has 0 fully saturated rings. The van der Waals surface area contributed by atoms with E-state index < -0.39 is 0 Å². The fourth-order valence-electron chi connectivity index (χ4n) is 2.43. The van der Waals surface area contributed by atoms with E-state index in [1.54, 1.807) is 26.0 Å². The van der Waals surface area contributed by atoms with E-state index in [0.29, 0.717) is 25.5 Å². The van der Waals surface area contributed by atoms with E-state index in [0.717, 1.165) is 22.6 Å². The van der Waals surface area contributed by atoms with E-state index >= 15 is 0 Å². The quantitative estimate of drug-likeness (QED) is 0.583. The minimum atomic E-state index is 0.0787. The Hall–Kier alpha value is -3.02. The molecular formula is C21H28N4O2. The average Bonchev–Trinajstić information content (AvgIpc) is 2.66. The number of hydrogen-bond acceptors (Lipinski definition) is 3. The Kier molecular flexibility index (Phi) is 7.67. The van der Waals surface area contributed by atoms with Gasteiger partial charge in [-0.3, -0.25) is 9.79 Å². The minimum absolute atomic E-state index is 0.0787. The van der Waals surface area contributed by atoms with Gasteiger partial charge in [0.05, 0.1) is 0 Å². The summed E-state index contributed by atoms with van der Waals surface area (Å²) < 4.78 is 6.04. The van der Waals surface area contributed by atoms with Crippen molar-refractivity contribution in [1.29, 1.82) is 0 Å². The lowest BCUT2D eigenvalue weighted by Crippen LogP contribution is -2.38. The number of rotatable bonds is 7. The van der Waals surface area contributed by atoms with Crippen LogP contribution in [0.2, 0.25) is 0 Å². The second kappa shape index (κ2) is 10.2. The summed E-state index contributed by atoms with van der Waals surface area (Å²) in [5.74, 6) is 2.34. The van der Waals surface area contributed by atoms with E-state index in [9.17, 15) is 4.79 Å². The third-order valence-electron chi connectivity index (χ3n) is 3.99. The van der Waals surface area contributed by atoms with Crippen LogP contribution in [-0.2, 0) is 11.3 Å². The third-order valence-corrected chi connectivity index (χ3v) is 3.99. The monoisotopic (exact) mass is 368 g/mol. The summed E-state index contributed by atoms with van der Waals surface area (Å²) in [6, 6.07) is 15.8. The van der Waals surface area contributed by atoms with Gasteiger partial charge in [0, 0.05) is 46.2 Å². The van der Waals surface area contributed by atoms with Crippen molar-refractivity contribution in [2.24, 2.45) is 4.99 Å². The molecule has 6 heteroatoms. The number of amides is 1. The highest BCUT2D eigenvalue weighted by Crippen LogP contribution is 2.26. The second-order valence-electron chi connectivity index (χ2n) is 6.42. The fraction of sp³-hybridized carbons (Fsp3) is 0.333. The summed E-state index contributed by atoms with van der Waals surface area (Å²) in [5.41, 5.74) is 2.16. The molecule has 0 aliphatic heterocycles. The Labute approximate surface area is 161 Å². The zero-order valence-electron chi connectivity index (χ0n) is 16.5. The average molecular weight is 368 g/mol. The first kappa shape index (κ1) is 20.3. The lowest BCUT2D eigenvalue weighted by atomic mass is 10.1. The molecule has 2 N–H and O–H groups in total. The second-order valence-corrected chi connectivity index (χ2v) is 6.42. The fourth-order valence-corrected chi connectivity index (χ4v) is 2.43. The van der Waals surface area contributed by atoms with Gasteiger partial charge in [-0.25, -0.2) is 0 Å². The van der Waals surface area contributed by atoms with Crippen molar-refractivity contribution in [2.45, 2.75) is 19.9 Å². The smallest absolute Gasteiger partial charge is 0.223 e. The van der Waals surface area contributed by atoms with Crippen LogP contribution in [0.3, 0.4) is 0 Å². The molecule has 0 aliphatic rings. The van der Waals surface area contributed by atoms with Gasteiger partial charge >= 0.3 is 0 Å². The largest absolute Gasteiger partial charge is 0.457 e. The molecule has 0 atom stereocenters. The van der Waals surface area contributed by atoms with E-state index in [4.69, 9.17) is 4.74 Å². The lowest BCUT2D eigenvalue weighted by molar-refractivity contribution is -0.128. The topological polar surface area (TPSA) is 66.0 Å². The van der Waals surface area contributed by atoms with Gasteiger partial charge < -0.3 is 20.3 Å². The van der Waals surface area contributed by atoms with E-state index in [-0.39, 0.29) is 5.91 Å². The number of aliphatic imine (C=N–C) groups is 1. The maximum absolute atomic E-state index is 11.7. The third kappa shape index (κ3) is 6.66. The van der Waals surface area contributed by atoms with Crippen molar-refractivity contribution in [3.8, 4) is 11.5 Å². The summed E-state index contributed by atoms with van der Waals surface area (Å²) in [7, 11) is 5.21. The van der Waals surface area contributed by atoms with Crippen LogP contribution in [0.4, 0.5) is 0 Å². The summed E-state index contributed by atoms with van der Waals surface area (Å²) in [6.45, 7) is 3.12. The number of ether oxygens (including phenoxy) is 1. The van der Waals surface area contributed by atoms with Crippen LogP contribution in [-0.4, -0.2) is 44.5 Å². The maximum atomic E-state index is 11.7. The van der Waals surface area contributed by atoms with E-state index in [2.05, 4.69) is 21.7 Å². The van der Waals surface area contributed by atoms with Crippen LogP contribution in [0, 0.1) is 6.92 Å². The van der Waals surface area contributed by atoms with Crippen molar-refractivity contribution in [3.05, 3.63) is 59.7 Å². The molecular weight excluding hydrogens is 340 g/mol. The number of benzene rings is 2. The Balaban J connectivity index is 1.96. The van der Waals surface area contributed by atoms with Crippen LogP contribution in [0.5, 0.6) is 11.5 Å². The first-order chi connectivity index (χ1) is 13.0. The lowest BCUT2D eigenvalue weighted by Gasteiger charge is -2.16. The molecule has 0 heterocycles. The number of nitrogens with zero attached hydrogens (tertiary/aromatic N) is 2. The highest BCUT2D eigenvalue weighted by atomic mass is 16.5. The first-order valence-corrected chi connectivity index (χ1v) is 8.96. The molecule has 2 rings (SSSR count). The molecule has 0 saturated carbocycles. The van der Waals surface area contributed by atoms with Crippen molar-refractivity contribution >= 4 is 11.9 Å². The molecule has 6 nitrogen and oxygen atoms in total. The summed E-state index contributed by atoms with van der Waals surface area (Å²) in [4.78, 5) is 17.4. The van der Waals surface area contributed by atoms with Gasteiger partial charge in [-0.1, -0.05) is 30.3 Å². The maximum Gasteiger partial charge on any atom is 0.223 e. The zero-order valence-corrected chi connectivity index (χ0v) is 16.5. The van der Waals surface area contributed by atoms with Crippen LogP contribution in [0.15, 0.2) is 53.5 Å². The Bertz CT molecular complexity index is 773. The van der Waals surface area contributed by atoms with Crippen molar-refractivity contribution in [2.75, 3.05) is 27.7 Å². The molecule has 0 spiro atoms. The van der Waals surface area contributed by atoms with Crippen molar-refractivity contribution in [3.63, 3.8) is 0 Å². The van der Waals surface area contributed by atoms with E-state index in [1.807, 2.05) is 49.4 Å². The zero-order chi connectivity index (χ0) is 19.6. The Morgan fingerprint density at radius 3 is 2.52 bits per heavy atom. The molecule has 144 valence electrons. The highest BCUT2D eigenvalue weighted by Gasteiger charge is 2.08. The first-order valence-electron chi connectivity index (χ1n) is 8.96. The van der Waals surface area contributed by atoms with Gasteiger partial charge in [0.1, 0.15) is 11.5 Å².